The number of hydrogen-bond donors (Lipinski definition) is 1. The molecule has 0 radical (unpaired) electrons. The maximum absolute atomic E-state index is 11.2. The van der Waals surface area contributed by atoms with Crippen molar-refractivity contribution in [3.63, 3.8) is 0 Å². The van der Waals surface area contributed by atoms with Crippen molar-refractivity contribution in [3.8, 4) is 0 Å². The van der Waals surface area contributed by atoms with Gasteiger partial charge in [0, 0.05) is 0 Å². The highest BCUT2D eigenvalue weighted by Gasteiger charge is 2.08. The summed E-state index contributed by atoms with van der Waals surface area (Å²) in [6.45, 7) is 1.47. The van der Waals surface area contributed by atoms with Crippen molar-refractivity contribution in [1.82, 2.24) is 0 Å². The number of rotatable bonds is 17. The average molecular weight is 359 g/mol. The summed E-state index contributed by atoms with van der Waals surface area (Å²) in [5, 5.41) is 8.40. The first-order chi connectivity index (χ1) is 12.2. The molecule has 1 N–H and O–H groups in total. The van der Waals surface area contributed by atoms with Crippen LogP contribution < -0.4 is 0 Å². The number of unbranched alkanes of at least 4 members (excludes halogenated alkanes) is 14. The van der Waals surface area contributed by atoms with Crippen LogP contribution in [0.25, 0.3) is 0 Å². The Bertz CT molecular complexity index is 317. The van der Waals surface area contributed by atoms with E-state index in [0.29, 0.717) is 0 Å². The van der Waals surface area contributed by atoms with Crippen molar-refractivity contribution in [2.45, 2.75) is 110 Å². The van der Waals surface area contributed by atoms with Crippen LogP contribution >= 0.6 is 0 Å². The fraction of sp³-hybridized carbons (Fsp3) is 0.900. The van der Waals surface area contributed by atoms with Crippen molar-refractivity contribution in [2.24, 2.45) is 0 Å². The van der Waals surface area contributed by atoms with Crippen molar-refractivity contribution >= 4 is 11.9 Å². The minimum Gasteiger partial charge on any atom is -0.384 e. The summed E-state index contributed by atoms with van der Waals surface area (Å²) in [7, 11) is 0. The van der Waals surface area contributed by atoms with E-state index in [9.17, 15) is 9.59 Å². The summed E-state index contributed by atoms with van der Waals surface area (Å²) in [5.41, 5.74) is 0. The topological polar surface area (TPSA) is 72.8 Å². The van der Waals surface area contributed by atoms with Gasteiger partial charge in [0.2, 0.25) is 0 Å². The van der Waals surface area contributed by atoms with E-state index in [2.05, 4.69) is 16.7 Å². The van der Waals surface area contributed by atoms with Gasteiger partial charge in [0.1, 0.15) is 6.61 Å². The molecule has 0 aliphatic carbocycles. The van der Waals surface area contributed by atoms with Gasteiger partial charge in [0.25, 0.3) is 0 Å². The van der Waals surface area contributed by atoms with E-state index in [1.54, 1.807) is 0 Å². The molecule has 0 aliphatic rings. The van der Waals surface area contributed by atoms with E-state index in [1.807, 2.05) is 0 Å². The second-order valence-corrected chi connectivity index (χ2v) is 6.77. The Balaban J connectivity index is 3.14. The Hall–Kier alpha value is -1.10. The van der Waals surface area contributed by atoms with Crippen LogP contribution in [0.5, 0.6) is 0 Å². The van der Waals surface area contributed by atoms with E-state index >= 15 is 0 Å². The zero-order chi connectivity index (χ0) is 18.6. The third-order valence-corrected chi connectivity index (χ3v) is 4.34. The molecule has 0 saturated heterocycles. The number of aliphatic hydroxyl groups excluding tert-OH is 1. The predicted molar refractivity (Wildman–Crippen MR) is 98.8 cm³/mol. The Morgan fingerprint density at radius 3 is 1.36 bits per heavy atom. The Morgan fingerprint density at radius 1 is 0.600 bits per heavy atom. The molecule has 0 aromatic heterocycles. The van der Waals surface area contributed by atoms with Gasteiger partial charge in [-0.25, -0.2) is 19.4 Å². The molecule has 0 rings (SSSR count). The molecule has 0 saturated carbocycles. The SMILES string of the molecule is CCCCCCCCCCCCCCCCCC(=O)OOC(=O)CO. The molecule has 25 heavy (non-hydrogen) atoms. The summed E-state index contributed by atoms with van der Waals surface area (Å²) in [6, 6.07) is 0. The first-order valence-electron chi connectivity index (χ1n) is 10.2. The molecular weight excluding hydrogens is 320 g/mol. The third-order valence-electron chi connectivity index (χ3n) is 4.34. The third kappa shape index (κ3) is 19.1. The predicted octanol–water partition coefficient (Wildman–Crippen LogP) is 5.24. The number of carbonyl (C=O) groups is 2. The summed E-state index contributed by atoms with van der Waals surface area (Å²) in [5.74, 6) is -1.51. The number of carbonyl (C=O) groups excluding carboxylic acids is 2. The molecule has 0 amide bonds. The van der Waals surface area contributed by atoms with Gasteiger partial charge >= 0.3 is 11.9 Å². The van der Waals surface area contributed by atoms with Gasteiger partial charge in [-0.15, -0.1) is 0 Å². The Morgan fingerprint density at radius 2 is 0.960 bits per heavy atom. The van der Waals surface area contributed by atoms with Gasteiger partial charge in [-0.1, -0.05) is 96.8 Å². The zero-order valence-electron chi connectivity index (χ0n) is 16.1. The average Bonchev–Trinajstić information content (AvgIpc) is 2.62. The molecule has 0 aliphatic heterocycles. The van der Waals surface area contributed by atoms with Crippen LogP contribution in [0.2, 0.25) is 0 Å². The van der Waals surface area contributed by atoms with E-state index in [-0.39, 0.29) is 6.42 Å². The van der Waals surface area contributed by atoms with Crippen LogP contribution in [-0.4, -0.2) is 23.7 Å². The first-order valence-corrected chi connectivity index (χ1v) is 10.2. The van der Waals surface area contributed by atoms with Crippen LogP contribution in [0.3, 0.4) is 0 Å². The standard InChI is InChI=1S/C20H38O5/c1-2-3-4-5-6-7-8-9-10-11-12-13-14-15-16-17-19(22)24-25-20(23)18-21/h21H,2-18H2,1H3. The quantitative estimate of drug-likeness (QED) is 0.219. The zero-order valence-corrected chi connectivity index (χ0v) is 16.1. The smallest absolute Gasteiger partial charge is 0.380 e. The summed E-state index contributed by atoms with van der Waals surface area (Å²) >= 11 is 0. The van der Waals surface area contributed by atoms with Gasteiger partial charge in [-0.3, -0.25) is 0 Å². The largest absolute Gasteiger partial charge is 0.384 e. The fourth-order valence-electron chi connectivity index (χ4n) is 2.80. The lowest BCUT2D eigenvalue weighted by molar-refractivity contribution is -0.260. The monoisotopic (exact) mass is 358 g/mol. The normalized spacial score (nSPS) is 10.6. The molecule has 0 atom stereocenters. The van der Waals surface area contributed by atoms with Crippen LogP contribution in [-0.2, 0) is 19.4 Å². The molecule has 0 fully saturated rings. The summed E-state index contributed by atoms with van der Waals surface area (Å²) in [4.78, 5) is 30.2. The van der Waals surface area contributed by atoms with Gasteiger partial charge in [-0.2, -0.15) is 0 Å². The minimum absolute atomic E-state index is 0.247. The lowest BCUT2D eigenvalue weighted by Crippen LogP contribution is -2.13. The van der Waals surface area contributed by atoms with Gasteiger partial charge < -0.3 is 5.11 Å². The van der Waals surface area contributed by atoms with Crippen LogP contribution in [0.1, 0.15) is 110 Å². The molecule has 0 aromatic carbocycles. The molecule has 0 aromatic rings. The molecule has 0 bridgehead atoms. The van der Waals surface area contributed by atoms with E-state index in [4.69, 9.17) is 5.11 Å². The van der Waals surface area contributed by atoms with Crippen molar-refractivity contribution < 1.29 is 24.5 Å². The van der Waals surface area contributed by atoms with E-state index < -0.39 is 18.5 Å². The molecule has 148 valence electrons. The van der Waals surface area contributed by atoms with E-state index in [0.717, 1.165) is 19.3 Å². The van der Waals surface area contributed by atoms with Crippen molar-refractivity contribution in [2.75, 3.05) is 6.61 Å². The van der Waals surface area contributed by atoms with Crippen LogP contribution in [0.4, 0.5) is 0 Å². The minimum atomic E-state index is -0.954. The van der Waals surface area contributed by atoms with Crippen LogP contribution in [0.15, 0.2) is 0 Å². The Labute approximate surface area is 153 Å². The maximum atomic E-state index is 11.2. The molecule has 0 spiro atoms. The van der Waals surface area contributed by atoms with Crippen molar-refractivity contribution in [3.05, 3.63) is 0 Å². The molecule has 5 heteroatoms. The maximum Gasteiger partial charge on any atom is 0.380 e. The van der Waals surface area contributed by atoms with Gasteiger partial charge in [0.15, 0.2) is 0 Å². The van der Waals surface area contributed by atoms with Gasteiger partial charge in [-0.05, 0) is 6.42 Å². The van der Waals surface area contributed by atoms with Crippen LogP contribution in [0, 0.1) is 0 Å². The second-order valence-electron chi connectivity index (χ2n) is 6.77. The lowest BCUT2D eigenvalue weighted by Gasteiger charge is -2.03. The molecule has 5 nitrogen and oxygen atoms in total. The lowest BCUT2D eigenvalue weighted by atomic mass is 10.0. The number of aliphatic hydroxyl groups is 1. The molecule has 0 unspecified atom stereocenters. The highest BCUT2D eigenvalue weighted by molar-refractivity contribution is 5.73. The van der Waals surface area contributed by atoms with Crippen molar-refractivity contribution in [1.29, 1.82) is 0 Å². The second kappa shape index (κ2) is 19.2. The Kier molecular flexibility index (Phi) is 18.4. The fourth-order valence-corrected chi connectivity index (χ4v) is 2.80. The van der Waals surface area contributed by atoms with E-state index in [1.165, 1.54) is 77.0 Å². The summed E-state index contributed by atoms with van der Waals surface area (Å²) in [6.07, 6.45) is 19.3. The first kappa shape index (κ1) is 23.9. The number of hydrogen-bond acceptors (Lipinski definition) is 5. The summed E-state index contributed by atoms with van der Waals surface area (Å²) < 4.78 is 0. The molecule has 0 heterocycles. The van der Waals surface area contributed by atoms with Gasteiger partial charge in [0.05, 0.1) is 6.42 Å². The highest BCUT2D eigenvalue weighted by Crippen LogP contribution is 2.13. The highest BCUT2D eigenvalue weighted by atomic mass is 17.2. The molecular formula is C20H38O5.